The van der Waals surface area contributed by atoms with Gasteiger partial charge in [0, 0.05) is 12.1 Å². The molecule has 2 aliphatic rings. The van der Waals surface area contributed by atoms with E-state index in [1.807, 2.05) is 0 Å². The Bertz CT molecular complexity index is 441. The van der Waals surface area contributed by atoms with Crippen LogP contribution >= 0.6 is 0 Å². The van der Waals surface area contributed by atoms with E-state index in [9.17, 15) is 0 Å². The van der Waals surface area contributed by atoms with E-state index in [4.69, 9.17) is 0 Å². The van der Waals surface area contributed by atoms with Gasteiger partial charge in [-0.2, -0.15) is 0 Å². The molecule has 1 heteroatoms. The van der Waals surface area contributed by atoms with Gasteiger partial charge in [0.05, 0.1) is 0 Å². The van der Waals surface area contributed by atoms with E-state index in [0.29, 0.717) is 17.5 Å². The van der Waals surface area contributed by atoms with Crippen LogP contribution in [0.15, 0.2) is 24.3 Å². The van der Waals surface area contributed by atoms with Gasteiger partial charge in [-0.1, -0.05) is 56.5 Å². The van der Waals surface area contributed by atoms with Crippen molar-refractivity contribution in [3.05, 3.63) is 35.4 Å². The first-order valence-corrected chi connectivity index (χ1v) is 8.39. The Balaban J connectivity index is 1.76. The molecule has 1 N–H and O–H groups in total. The average Bonchev–Trinajstić information content (AvgIpc) is 3.23. The minimum atomic E-state index is 0.454. The zero-order valence-corrected chi connectivity index (χ0v) is 13.3. The van der Waals surface area contributed by atoms with Crippen LogP contribution in [0, 0.1) is 18.3 Å². The van der Waals surface area contributed by atoms with Crippen LogP contribution in [-0.4, -0.2) is 6.04 Å². The van der Waals surface area contributed by atoms with Crippen molar-refractivity contribution in [2.45, 2.75) is 71.4 Å². The number of hydrogen-bond acceptors (Lipinski definition) is 1. The molecule has 2 saturated carbocycles. The van der Waals surface area contributed by atoms with Gasteiger partial charge in [-0.25, -0.2) is 0 Å². The van der Waals surface area contributed by atoms with Gasteiger partial charge in [-0.3, -0.25) is 0 Å². The normalized spacial score (nSPS) is 27.2. The first-order valence-electron chi connectivity index (χ1n) is 8.39. The molecule has 0 heterocycles. The summed E-state index contributed by atoms with van der Waals surface area (Å²) in [7, 11) is 0. The summed E-state index contributed by atoms with van der Waals surface area (Å²) in [6.45, 7) is 7.07. The molecule has 0 spiro atoms. The van der Waals surface area contributed by atoms with Crippen molar-refractivity contribution >= 4 is 0 Å². The molecular weight excluding hydrogens is 242 g/mol. The Hall–Kier alpha value is -0.820. The van der Waals surface area contributed by atoms with Gasteiger partial charge in [0.15, 0.2) is 0 Å². The van der Waals surface area contributed by atoms with Crippen molar-refractivity contribution < 1.29 is 0 Å². The van der Waals surface area contributed by atoms with Crippen LogP contribution in [0.3, 0.4) is 0 Å². The Morgan fingerprint density at radius 1 is 1.05 bits per heavy atom. The number of benzene rings is 1. The predicted molar refractivity (Wildman–Crippen MR) is 85.8 cm³/mol. The fraction of sp³-hybridized carbons (Fsp3) is 0.684. The molecule has 1 nitrogen and oxygen atoms in total. The summed E-state index contributed by atoms with van der Waals surface area (Å²) in [5, 5.41) is 4.04. The minimum Gasteiger partial charge on any atom is -0.306 e. The zero-order chi connectivity index (χ0) is 14.2. The lowest BCUT2D eigenvalue weighted by Gasteiger charge is -2.41. The summed E-state index contributed by atoms with van der Waals surface area (Å²) in [6, 6.07) is 10.5. The molecule has 2 atom stereocenters. The lowest BCUT2D eigenvalue weighted by atomic mass is 9.73. The molecule has 0 aliphatic heterocycles. The van der Waals surface area contributed by atoms with Gasteiger partial charge in [0.1, 0.15) is 0 Å². The molecule has 0 aromatic heterocycles. The van der Waals surface area contributed by atoms with Crippen molar-refractivity contribution in [1.82, 2.24) is 5.32 Å². The van der Waals surface area contributed by atoms with Crippen LogP contribution in [0.4, 0.5) is 0 Å². The molecule has 2 aliphatic carbocycles. The molecule has 20 heavy (non-hydrogen) atoms. The Morgan fingerprint density at radius 3 is 2.35 bits per heavy atom. The quantitative estimate of drug-likeness (QED) is 0.812. The van der Waals surface area contributed by atoms with E-state index >= 15 is 0 Å². The van der Waals surface area contributed by atoms with E-state index in [1.54, 1.807) is 0 Å². The summed E-state index contributed by atoms with van der Waals surface area (Å²) in [5.41, 5.74) is 3.32. The predicted octanol–water partition coefficient (Wildman–Crippen LogP) is 5.00. The van der Waals surface area contributed by atoms with Crippen molar-refractivity contribution in [3.8, 4) is 0 Å². The van der Waals surface area contributed by atoms with Crippen LogP contribution in [0.5, 0.6) is 0 Å². The molecular formula is C19H29N. The summed E-state index contributed by atoms with van der Waals surface area (Å²) in [4.78, 5) is 0. The smallest absolute Gasteiger partial charge is 0.0351 e. The monoisotopic (exact) mass is 271 g/mol. The fourth-order valence-corrected chi connectivity index (χ4v) is 3.73. The number of nitrogens with one attached hydrogen (secondary N) is 1. The van der Waals surface area contributed by atoms with Crippen molar-refractivity contribution in [3.63, 3.8) is 0 Å². The molecule has 110 valence electrons. The summed E-state index contributed by atoms with van der Waals surface area (Å²) < 4.78 is 0. The van der Waals surface area contributed by atoms with Gasteiger partial charge in [-0.05, 0) is 49.5 Å². The second-order valence-electron chi connectivity index (χ2n) is 7.68. The van der Waals surface area contributed by atoms with Gasteiger partial charge in [0.25, 0.3) is 0 Å². The number of rotatable bonds is 4. The maximum atomic E-state index is 4.04. The van der Waals surface area contributed by atoms with E-state index in [0.717, 1.165) is 5.92 Å². The molecule has 0 radical (unpaired) electrons. The largest absolute Gasteiger partial charge is 0.306 e. The first kappa shape index (κ1) is 14.1. The Morgan fingerprint density at radius 2 is 1.75 bits per heavy atom. The molecule has 0 bridgehead atoms. The number of hydrogen-bond donors (Lipinski definition) is 1. The molecule has 1 aromatic carbocycles. The second-order valence-corrected chi connectivity index (χ2v) is 7.68. The third-order valence-electron chi connectivity index (χ3n) is 5.42. The molecule has 2 unspecified atom stereocenters. The van der Waals surface area contributed by atoms with Crippen molar-refractivity contribution in [1.29, 1.82) is 0 Å². The second kappa shape index (κ2) is 5.52. The average molecular weight is 271 g/mol. The van der Waals surface area contributed by atoms with Gasteiger partial charge < -0.3 is 5.32 Å². The third kappa shape index (κ3) is 3.09. The first-order chi connectivity index (χ1) is 9.56. The maximum absolute atomic E-state index is 4.04. The van der Waals surface area contributed by atoms with Crippen LogP contribution in [0.2, 0.25) is 0 Å². The standard InChI is InChI=1S/C19H29N/c1-14-7-9-15(10-8-14)18(16-11-12-16)20-17-6-4-5-13-19(17,2)3/h7-10,16-18,20H,4-6,11-13H2,1-3H3. The van der Waals surface area contributed by atoms with E-state index in [1.165, 1.54) is 49.7 Å². The van der Waals surface area contributed by atoms with Crippen molar-refractivity contribution in [2.75, 3.05) is 0 Å². The molecule has 2 fully saturated rings. The molecule has 3 rings (SSSR count). The van der Waals surface area contributed by atoms with E-state index in [-0.39, 0.29) is 0 Å². The maximum Gasteiger partial charge on any atom is 0.0351 e. The summed E-state index contributed by atoms with van der Waals surface area (Å²) >= 11 is 0. The summed E-state index contributed by atoms with van der Waals surface area (Å²) in [5.74, 6) is 0.871. The lowest BCUT2D eigenvalue weighted by molar-refractivity contribution is 0.151. The summed E-state index contributed by atoms with van der Waals surface area (Å²) in [6.07, 6.45) is 8.33. The van der Waals surface area contributed by atoms with Gasteiger partial charge >= 0.3 is 0 Å². The Kier molecular flexibility index (Phi) is 3.90. The van der Waals surface area contributed by atoms with E-state index in [2.05, 4.69) is 50.4 Å². The number of aryl methyl sites for hydroxylation is 1. The highest BCUT2D eigenvalue weighted by Crippen LogP contribution is 2.44. The zero-order valence-electron chi connectivity index (χ0n) is 13.3. The molecule has 1 aromatic rings. The highest BCUT2D eigenvalue weighted by atomic mass is 15.0. The van der Waals surface area contributed by atoms with Crippen LogP contribution < -0.4 is 5.32 Å². The minimum absolute atomic E-state index is 0.454. The van der Waals surface area contributed by atoms with Crippen LogP contribution in [0.1, 0.15) is 69.5 Å². The van der Waals surface area contributed by atoms with Gasteiger partial charge in [0.2, 0.25) is 0 Å². The fourth-order valence-electron chi connectivity index (χ4n) is 3.73. The van der Waals surface area contributed by atoms with Gasteiger partial charge in [-0.15, -0.1) is 0 Å². The molecule has 0 saturated heterocycles. The van der Waals surface area contributed by atoms with Crippen molar-refractivity contribution in [2.24, 2.45) is 11.3 Å². The Labute approximate surface area is 124 Å². The highest BCUT2D eigenvalue weighted by molar-refractivity contribution is 5.26. The highest BCUT2D eigenvalue weighted by Gasteiger charge is 2.38. The topological polar surface area (TPSA) is 12.0 Å². The van der Waals surface area contributed by atoms with Crippen LogP contribution in [0.25, 0.3) is 0 Å². The van der Waals surface area contributed by atoms with E-state index < -0.39 is 0 Å². The van der Waals surface area contributed by atoms with Crippen LogP contribution in [-0.2, 0) is 0 Å². The third-order valence-corrected chi connectivity index (χ3v) is 5.42. The molecule has 0 amide bonds. The lowest BCUT2D eigenvalue weighted by Crippen LogP contribution is -2.46. The SMILES string of the molecule is Cc1ccc(C(NC2CCCCC2(C)C)C2CC2)cc1.